The first kappa shape index (κ1) is 39.9. The van der Waals surface area contributed by atoms with Gasteiger partial charge in [-0.25, -0.2) is 13.2 Å². The van der Waals surface area contributed by atoms with Crippen LogP contribution in [0, 0.1) is 29.1 Å². The smallest absolute Gasteiger partial charge is 0.315 e. The fourth-order valence-electron chi connectivity index (χ4n) is 9.32. The third-order valence-corrected chi connectivity index (χ3v) is 15.8. The summed E-state index contributed by atoms with van der Waals surface area (Å²) in [5.41, 5.74) is 1.01. The topological polar surface area (TPSA) is 171 Å². The number of nitrogens with zero attached hydrogens (tertiary/aromatic N) is 1. The summed E-state index contributed by atoms with van der Waals surface area (Å²) in [6.07, 6.45) is 8.32. The van der Waals surface area contributed by atoms with Crippen LogP contribution in [0.25, 0.3) is 0 Å². The Morgan fingerprint density at radius 3 is 2.19 bits per heavy atom. The number of carbonyl (C=O) groups excluding carboxylic acids is 5. The lowest BCUT2D eigenvalue weighted by atomic mass is 9.83. The van der Waals surface area contributed by atoms with E-state index in [0.29, 0.717) is 38.6 Å². The number of rotatable bonds is 14. The van der Waals surface area contributed by atoms with Gasteiger partial charge in [0.1, 0.15) is 12.1 Å². The molecule has 12 nitrogen and oxygen atoms in total. The second-order valence-electron chi connectivity index (χ2n) is 18.2. The van der Waals surface area contributed by atoms with E-state index >= 15 is 0 Å². The average molecular weight is 766 g/mol. The Balaban J connectivity index is 1.26. The second-order valence-corrected chi connectivity index (χ2v) is 21.0. The SMILES string of the molecule is C=CCNC(=O)C(=O)C(CC1CC1)NC(=O)[C@@H]1C2C(CN1C(=O)[C@@H](NC(=O)NC1(CS(=O)(=O)C(C)(C)C)CCCCC1)C1Cc3ccccc3C1)C2(C)C. The minimum atomic E-state index is -3.59. The number of sulfone groups is 1. The number of piperidine rings is 1. The molecule has 1 aromatic carbocycles. The number of likely N-dealkylation sites (tertiary alicyclic amines) is 1. The molecule has 0 bridgehead atoms. The molecule has 0 aromatic heterocycles. The lowest BCUT2D eigenvalue weighted by Crippen LogP contribution is -2.63. The maximum atomic E-state index is 14.9. The Morgan fingerprint density at radius 1 is 0.981 bits per heavy atom. The molecule has 1 saturated heterocycles. The predicted octanol–water partition coefficient (Wildman–Crippen LogP) is 3.62. The highest BCUT2D eigenvalue weighted by Crippen LogP contribution is 2.65. The van der Waals surface area contributed by atoms with Crippen LogP contribution < -0.4 is 21.3 Å². The standard InChI is InChI=1S/C41H59N5O7S/c1-7-19-42-36(49)34(47)30(20-25-15-16-25)43-35(48)33-31-29(40(31,5)6)23-46(33)37(50)32(28-21-26-13-9-10-14-27(26)22-28)44-38(51)45-41(17-11-8-12-18-41)24-54(52,53)39(2,3)4/h7,9-10,13-14,25,28-33H,1,8,11-12,15-24H2,2-6H3,(H,42,49)(H,43,48)(H2,44,45,51)/t29?,30?,31?,32-,33-/m0/s1. The van der Waals surface area contributed by atoms with Gasteiger partial charge in [0, 0.05) is 13.1 Å². The van der Waals surface area contributed by atoms with Crippen LogP contribution in [0.2, 0.25) is 0 Å². The highest BCUT2D eigenvalue weighted by atomic mass is 32.2. The number of benzene rings is 1. The Morgan fingerprint density at radius 2 is 1.61 bits per heavy atom. The summed E-state index contributed by atoms with van der Waals surface area (Å²) in [6.45, 7) is 13.2. The molecule has 1 heterocycles. The first-order valence-electron chi connectivity index (χ1n) is 19.8. The van der Waals surface area contributed by atoms with Crippen LogP contribution in [0.15, 0.2) is 36.9 Å². The van der Waals surface area contributed by atoms with E-state index in [0.717, 1.165) is 43.2 Å². The third kappa shape index (κ3) is 8.26. The van der Waals surface area contributed by atoms with Crippen LogP contribution >= 0.6 is 0 Å². The molecule has 296 valence electrons. The number of hydrogen-bond acceptors (Lipinski definition) is 7. The quantitative estimate of drug-likeness (QED) is 0.166. The molecule has 1 aromatic rings. The summed E-state index contributed by atoms with van der Waals surface area (Å²) in [5.74, 6) is -2.71. The zero-order valence-electron chi connectivity index (χ0n) is 32.5. The summed E-state index contributed by atoms with van der Waals surface area (Å²) in [5, 5.41) is 11.5. The number of carbonyl (C=O) groups is 5. The Hall–Kier alpha value is -3.74. The highest BCUT2D eigenvalue weighted by molar-refractivity contribution is 7.92. The molecule has 6 rings (SSSR count). The number of Topliss-reactive ketones (excluding diaryl/α,β-unsaturated/α-hetero) is 1. The number of nitrogens with one attached hydrogen (secondary N) is 4. The van der Waals surface area contributed by atoms with Crippen molar-refractivity contribution >= 4 is 39.4 Å². The second kappa shape index (κ2) is 15.1. The van der Waals surface area contributed by atoms with E-state index in [9.17, 15) is 32.4 Å². The molecule has 13 heteroatoms. The normalized spacial score (nSPS) is 25.4. The Labute approximate surface area is 320 Å². The van der Waals surface area contributed by atoms with Crippen molar-refractivity contribution in [1.82, 2.24) is 26.2 Å². The molecule has 0 spiro atoms. The van der Waals surface area contributed by atoms with Gasteiger partial charge in [0.25, 0.3) is 5.91 Å². The van der Waals surface area contributed by atoms with Gasteiger partial charge in [-0.2, -0.15) is 0 Å². The van der Waals surface area contributed by atoms with Crippen LogP contribution in [0.4, 0.5) is 4.79 Å². The fourth-order valence-corrected chi connectivity index (χ4v) is 10.8. The van der Waals surface area contributed by atoms with Gasteiger partial charge in [-0.05, 0) is 93.1 Å². The van der Waals surface area contributed by atoms with Crippen molar-refractivity contribution in [3.05, 3.63) is 48.0 Å². The van der Waals surface area contributed by atoms with Gasteiger partial charge < -0.3 is 26.2 Å². The van der Waals surface area contributed by atoms with Gasteiger partial charge in [0.05, 0.1) is 22.1 Å². The van der Waals surface area contributed by atoms with Gasteiger partial charge in [-0.1, -0.05) is 76.3 Å². The van der Waals surface area contributed by atoms with E-state index in [2.05, 4.69) is 41.7 Å². The molecule has 4 N–H and O–H groups in total. The van der Waals surface area contributed by atoms with Crippen molar-refractivity contribution in [3.8, 4) is 0 Å². The van der Waals surface area contributed by atoms with E-state index in [1.165, 1.54) is 6.08 Å². The van der Waals surface area contributed by atoms with E-state index in [-0.39, 0.29) is 47.3 Å². The van der Waals surface area contributed by atoms with Crippen molar-refractivity contribution in [2.45, 2.75) is 127 Å². The average Bonchev–Trinajstić information content (AvgIpc) is 3.86. The largest absolute Gasteiger partial charge is 0.346 e. The van der Waals surface area contributed by atoms with Crippen molar-refractivity contribution in [1.29, 1.82) is 0 Å². The minimum absolute atomic E-state index is 0.0500. The lowest BCUT2D eigenvalue weighted by molar-refractivity contribution is -0.144. The molecule has 4 aliphatic carbocycles. The zero-order chi connectivity index (χ0) is 39.2. The van der Waals surface area contributed by atoms with Crippen LogP contribution in [0.1, 0.15) is 97.1 Å². The van der Waals surface area contributed by atoms with Crippen molar-refractivity contribution in [3.63, 3.8) is 0 Å². The molecule has 0 radical (unpaired) electrons. The third-order valence-electron chi connectivity index (χ3n) is 13.0. The van der Waals surface area contributed by atoms with E-state index in [1.807, 2.05) is 24.3 Å². The number of hydrogen-bond donors (Lipinski definition) is 4. The lowest BCUT2D eigenvalue weighted by Gasteiger charge is -2.40. The fraction of sp³-hybridized carbons (Fsp3) is 0.683. The summed E-state index contributed by atoms with van der Waals surface area (Å²) in [4.78, 5) is 71.0. The van der Waals surface area contributed by atoms with Gasteiger partial charge in [0.15, 0.2) is 9.84 Å². The molecule has 4 fully saturated rings. The summed E-state index contributed by atoms with van der Waals surface area (Å²) in [6, 6.07) is 4.45. The van der Waals surface area contributed by atoms with Crippen molar-refractivity contribution in [2.75, 3.05) is 18.8 Å². The van der Waals surface area contributed by atoms with E-state index < -0.39 is 61.9 Å². The van der Waals surface area contributed by atoms with Crippen LogP contribution in [-0.2, 0) is 41.9 Å². The van der Waals surface area contributed by atoms with Gasteiger partial charge in [-0.15, -0.1) is 6.58 Å². The number of fused-ring (bicyclic) bond motifs is 2. The Kier molecular flexibility index (Phi) is 11.1. The van der Waals surface area contributed by atoms with Crippen LogP contribution in [0.3, 0.4) is 0 Å². The molecule has 1 aliphatic heterocycles. The molecule has 5 aliphatic rings. The molecule has 5 atom stereocenters. The first-order chi connectivity index (χ1) is 25.4. The first-order valence-corrected chi connectivity index (χ1v) is 21.4. The molecule has 3 saturated carbocycles. The number of amides is 5. The molecular formula is C41H59N5O7S. The van der Waals surface area contributed by atoms with Gasteiger partial charge in [0.2, 0.25) is 17.6 Å². The molecule has 54 heavy (non-hydrogen) atoms. The highest BCUT2D eigenvalue weighted by Gasteiger charge is 2.70. The van der Waals surface area contributed by atoms with Crippen LogP contribution in [0.5, 0.6) is 0 Å². The van der Waals surface area contributed by atoms with Gasteiger partial charge >= 0.3 is 6.03 Å². The molecule has 3 unspecified atom stereocenters. The maximum Gasteiger partial charge on any atom is 0.315 e. The maximum absolute atomic E-state index is 14.9. The predicted molar refractivity (Wildman–Crippen MR) is 206 cm³/mol. The summed E-state index contributed by atoms with van der Waals surface area (Å²) >= 11 is 0. The summed E-state index contributed by atoms with van der Waals surface area (Å²) in [7, 11) is -3.59. The van der Waals surface area contributed by atoms with Crippen molar-refractivity contribution in [2.24, 2.45) is 29.1 Å². The molecule has 5 amide bonds. The number of urea groups is 1. The summed E-state index contributed by atoms with van der Waals surface area (Å²) < 4.78 is 26.0. The zero-order valence-corrected chi connectivity index (χ0v) is 33.4. The molecular weight excluding hydrogens is 707 g/mol. The minimum Gasteiger partial charge on any atom is -0.346 e. The van der Waals surface area contributed by atoms with E-state index in [4.69, 9.17) is 0 Å². The van der Waals surface area contributed by atoms with E-state index in [1.54, 1.807) is 25.7 Å². The van der Waals surface area contributed by atoms with Crippen LogP contribution in [-0.4, -0.2) is 90.1 Å². The van der Waals surface area contributed by atoms with Crippen molar-refractivity contribution < 1.29 is 32.4 Å². The van der Waals surface area contributed by atoms with Gasteiger partial charge in [-0.3, -0.25) is 19.2 Å². The Bertz CT molecular complexity index is 1750. The monoisotopic (exact) mass is 765 g/mol. The number of ketones is 1.